The van der Waals surface area contributed by atoms with E-state index in [1.807, 2.05) is 16.8 Å². The zero-order valence-electron chi connectivity index (χ0n) is 10.2. The normalized spacial score (nSPS) is 18.2. The van der Waals surface area contributed by atoms with Crippen LogP contribution in [0.1, 0.15) is 39.2 Å². The van der Waals surface area contributed by atoms with Gasteiger partial charge in [0.2, 0.25) is 5.91 Å². The molecule has 3 heteroatoms. The number of carbonyl (C=O) groups is 1. The lowest BCUT2D eigenvalue weighted by atomic mass is 9.84. The van der Waals surface area contributed by atoms with Crippen LogP contribution >= 0.6 is 11.3 Å². The van der Waals surface area contributed by atoms with Crippen molar-refractivity contribution < 1.29 is 4.79 Å². The number of nitrogens with one attached hydrogen (secondary N) is 1. The number of thiophene rings is 1. The molecule has 0 atom stereocenters. The smallest absolute Gasteiger partial charge is 0.224 e. The van der Waals surface area contributed by atoms with E-state index in [-0.39, 0.29) is 16.9 Å². The fourth-order valence-corrected chi connectivity index (χ4v) is 2.75. The summed E-state index contributed by atoms with van der Waals surface area (Å²) in [6.45, 7) is 6.60. The summed E-state index contributed by atoms with van der Waals surface area (Å²) in [6, 6.07) is 2.01. The van der Waals surface area contributed by atoms with Crippen LogP contribution < -0.4 is 5.32 Å². The Morgan fingerprint density at radius 1 is 1.50 bits per heavy atom. The third-order valence-electron chi connectivity index (χ3n) is 3.51. The minimum atomic E-state index is 0.0557. The molecule has 1 aliphatic rings. The summed E-state index contributed by atoms with van der Waals surface area (Å²) in [4.78, 5) is 11.9. The van der Waals surface area contributed by atoms with Crippen LogP contribution in [0, 0.1) is 5.41 Å². The second-order valence-electron chi connectivity index (χ2n) is 5.69. The summed E-state index contributed by atoms with van der Waals surface area (Å²) in [5.41, 5.74) is 1.34. The molecule has 2 nitrogen and oxygen atoms in total. The van der Waals surface area contributed by atoms with Crippen molar-refractivity contribution in [3.8, 4) is 0 Å². The standard InChI is InChI=1S/C13H19NOS/c1-12(2,3)13(5-6-13)14-11(15)8-10-4-7-16-9-10/h4,7,9H,5-6,8H2,1-3H3,(H,14,15). The quantitative estimate of drug-likeness (QED) is 0.860. The molecule has 0 spiro atoms. The van der Waals surface area contributed by atoms with Gasteiger partial charge in [-0.1, -0.05) is 20.8 Å². The van der Waals surface area contributed by atoms with Gasteiger partial charge in [-0.3, -0.25) is 4.79 Å². The Morgan fingerprint density at radius 3 is 2.62 bits per heavy atom. The Balaban J connectivity index is 1.93. The van der Waals surface area contributed by atoms with Gasteiger partial charge in [-0.15, -0.1) is 0 Å². The maximum Gasteiger partial charge on any atom is 0.224 e. The number of hydrogen-bond acceptors (Lipinski definition) is 2. The van der Waals surface area contributed by atoms with E-state index >= 15 is 0 Å². The van der Waals surface area contributed by atoms with Gasteiger partial charge in [-0.2, -0.15) is 11.3 Å². The number of hydrogen-bond donors (Lipinski definition) is 1. The summed E-state index contributed by atoms with van der Waals surface area (Å²) in [7, 11) is 0. The second kappa shape index (κ2) is 3.88. The lowest BCUT2D eigenvalue weighted by Crippen LogP contribution is -2.46. The molecule has 0 radical (unpaired) electrons. The van der Waals surface area contributed by atoms with Crippen LogP contribution in [0.3, 0.4) is 0 Å². The van der Waals surface area contributed by atoms with Gasteiger partial charge >= 0.3 is 0 Å². The molecule has 2 rings (SSSR count). The van der Waals surface area contributed by atoms with Crippen molar-refractivity contribution in [1.29, 1.82) is 0 Å². The number of amides is 1. The van der Waals surface area contributed by atoms with Crippen LogP contribution in [-0.2, 0) is 11.2 Å². The average molecular weight is 237 g/mol. The fraction of sp³-hybridized carbons (Fsp3) is 0.615. The predicted molar refractivity (Wildman–Crippen MR) is 67.6 cm³/mol. The topological polar surface area (TPSA) is 29.1 Å². The summed E-state index contributed by atoms with van der Waals surface area (Å²) in [6.07, 6.45) is 2.75. The van der Waals surface area contributed by atoms with Crippen LogP contribution in [0.4, 0.5) is 0 Å². The van der Waals surface area contributed by atoms with E-state index in [0.29, 0.717) is 6.42 Å². The monoisotopic (exact) mass is 237 g/mol. The van der Waals surface area contributed by atoms with Gasteiger partial charge in [-0.05, 0) is 40.6 Å². The van der Waals surface area contributed by atoms with Crippen LogP contribution in [-0.4, -0.2) is 11.4 Å². The largest absolute Gasteiger partial charge is 0.350 e. The van der Waals surface area contributed by atoms with Crippen molar-refractivity contribution >= 4 is 17.2 Å². The van der Waals surface area contributed by atoms with Gasteiger partial charge in [0, 0.05) is 5.54 Å². The van der Waals surface area contributed by atoms with Gasteiger partial charge in [-0.25, -0.2) is 0 Å². The molecule has 16 heavy (non-hydrogen) atoms. The maximum absolute atomic E-state index is 11.9. The number of rotatable bonds is 3. The van der Waals surface area contributed by atoms with E-state index in [0.717, 1.165) is 18.4 Å². The van der Waals surface area contributed by atoms with Gasteiger partial charge < -0.3 is 5.32 Å². The van der Waals surface area contributed by atoms with Gasteiger partial charge in [0.15, 0.2) is 0 Å². The van der Waals surface area contributed by atoms with E-state index < -0.39 is 0 Å². The molecule has 1 aliphatic carbocycles. The lowest BCUT2D eigenvalue weighted by Gasteiger charge is -2.31. The Kier molecular flexibility index (Phi) is 2.82. The molecule has 0 unspecified atom stereocenters. The van der Waals surface area contributed by atoms with Crippen LogP contribution in [0.25, 0.3) is 0 Å². The van der Waals surface area contributed by atoms with Gasteiger partial charge in [0.1, 0.15) is 0 Å². The minimum absolute atomic E-state index is 0.0557. The van der Waals surface area contributed by atoms with E-state index in [9.17, 15) is 4.79 Å². The van der Waals surface area contributed by atoms with Crippen molar-refractivity contribution in [2.75, 3.05) is 0 Å². The molecule has 1 N–H and O–H groups in total. The molecule has 0 aliphatic heterocycles. The number of carbonyl (C=O) groups excluding carboxylic acids is 1. The predicted octanol–water partition coefficient (Wildman–Crippen LogP) is 2.99. The van der Waals surface area contributed by atoms with E-state index in [1.54, 1.807) is 11.3 Å². The molecule has 1 aromatic rings. The zero-order valence-corrected chi connectivity index (χ0v) is 11.0. The highest BCUT2D eigenvalue weighted by Gasteiger charge is 2.52. The van der Waals surface area contributed by atoms with Crippen LogP contribution in [0.5, 0.6) is 0 Å². The molecule has 1 heterocycles. The van der Waals surface area contributed by atoms with Gasteiger partial charge in [0.05, 0.1) is 6.42 Å². The van der Waals surface area contributed by atoms with Crippen molar-refractivity contribution in [1.82, 2.24) is 5.32 Å². The Hall–Kier alpha value is -0.830. The second-order valence-corrected chi connectivity index (χ2v) is 6.47. The highest BCUT2D eigenvalue weighted by Crippen LogP contribution is 2.49. The van der Waals surface area contributed by atoms with E-state index in [1.165, 1.54) is 0 Å². The van der Waals surface area contributed by atoms with E-state index in [2.05, 4.69) is 26.1 Å². The van der Waals surface area contributed by atoms with Crippen LogP contribution in [0.15, 0.2) is 16.8 Å². The Morgan fingerprint density at radius 2 is 2.19 bits per heavy atom. The Bertz CT molecular complexity index is 371. The molecule has 88 valence electrons. The molecule has 1 amide bonds. The molecule has 1 aromatic heterocycles. The first-order valence-corrected chi connectivity index (χ1v) is 6.69. The molecule has 0 saturated heterocycles. The van der Waals surface area contributed by atoms with Crippen molar-refractivity contribution in [3.05, 3.63) is 22.4 Å². The van der Waals surface area contributed by atoms with Crippen molar-refractivity contribution in [2.45, 2.75) is 45.6 Å². The summed E-state index contributed by atoms with van der Waals surface area (Å²) in [5.74, 6) is 0.158. The lowest BCUT2D eigenvalue weighted by molar-refractivity contribution is -0.122. The van der Waals surface area contributed by atoms with Gasteiger partial charge in [0.25, 0.3) is 0 Å². The first-order valence-electron chi connectivity index (χ1n) is 5.75. The highest BCUT2D eigenvalue weighted by atomic mass is 32.1. The minimum Gasteiger partial charge on any atom is -0.350 e. The molecular weight excluding hydrogens is 218 g/mol. The van der Waals surface area contributed by atoms with E-state index in [4.69, 9.17) is 0 Å². The summed E-state index contributed by atoms with van der Waals surface area (Å²) >= 11 is 1.64. The SMILES string of the molecule is CC(C)(C)C1(NC(=O)Cc2ccsc2)CC1. The molecule has 1 saturated carbocycles. The third kappa shape index (κ3) is 2.29. The fourth-order valence-electron chi connectivity index (χ4n) is 2.08. The first-order chi connectivity index (χ1) is 7.43. The molecular formula is C13H19NOS. The Labute approximate surface area is 101 Å². The van der Waals surface area contributed by atoms with Crippen molar-refractivity contribution in [3.63, 3.8) is 0 Å². The molecule has 0 bridgehead atoms. The highest BCUT2D eigenvalue weighted by molar-refractivity contribution is 7.07. The summed E-state index contributed by atoms with van der Waals surface area (Å²) < 4.78 is 0. The maximum atomic E-state index is 11.9. The molecule has 1 fully saturated rings. The third-order valence-corrected chi connectivity index (χ3v) is 4.24. The van der Waals surface area contributed by atoms with Crippen molar-refractivity contribution in [2.24, 2.45) is 5.41 Å². The average Bonchev–Trinajstić information content (AvgIpc) is 2.75. The summed E-state index contributed by atoms with van der Waals surface area (Å²) in [5, 5.41) is 7.26. The first kappa shape index (κ1) is 11.6. The van der Waals surface area contributed by atoms with Crippen LogP contribution in [0.2, 0.25) is 0 Å². The molecule has 0 aromatic carbocycles. The zero-order chi connectivity index (χ0) is 11.8.